The summed E-state index contributed by atoms with van der Waals surface area (Å²) in [5, 5.41) is 9.32. The molecule has 2 aromatic carbocycles. The average Bonchev–Trinajstić information content (AvgIpc) is 2.76. The Labute approximate surface area is 184 Å². The summed E-state index contributed by atoms with van der Waals surface area (Å²) in [7, 11) is 0. The van der Waals surface area contributed by atoms with Gasteiger partial charge in [-0.1, -0.05) is 42.4 Å². The molecule has 0 aliphatic carbocycles. The van der Waals surface area contributed by atoms with Gasteiger partial charge in [-0.2, -0.15) is 4.98 Å². The van der Waals surface area contributed by atoms with Crippen LogP contribution in [0.4, 0.5) is 23.1 Å². The van der Waals surface area contributed by atoms with E-state index in [1.807, 2.05) is 31.2 Å². The Bertz CT molecular complexity index is 1150. The molecular weight excluding hydrogens is 416 g/mol. The molecular formula is C22H21ClN6O2. The van der Waals surface area contributed by atoms with Crippen molar-refractivity contribution in [3.63, 3.8) is 0 Å². The van der Waals surface area contributed by atoms with E-state index in [1.165, 1.54) is 12.3 Å². The Hall–Kier alpha value is -3.91. The van der Waals surface area contributed by atoms with Crippen LogP contribution in [0.5, 0.6) is 0 Å². The number of nitrogens with two attached hydrogens (primary N) is 1. The van der Waals surface area contributed by atoms with Gasteiger partial charge in [-0.15, -0.1) is 0 Å². The van der Waals surface area contributed by atoms with Gasteiger partial charge in [-0.3, -0.25) is 9.59 Å². The topological polar surface area (TPSA) is 122 Å². The molecule has 8 nitrogen and oxygen atoms in total. The first-order valence-electron chi connectivity index (χ1n) is 9.32. The van der Waals surface area contributed by atoms with Crippen molar-refractivity contribution in [2.45, 2.75) is 13.5 Å². The molecule has 0 radical (unpaired) electrons. The number of hydrogen-bond acceptors (Lipinski definition) is 6. The fourth-order valence-electron chi connectivity index (χ4n) is 2.72. The Balaban J connectivity index is 1.85. The molecule has 0 saturated heterocycles. The predicted octanol–water partition coefficient (Wildman–Crippen LogP) is 3.83. The summed E-state index contributed by atoms with van der Waals surface area (Å²) in [6.45, 7) is 5.64. The van der Waals surface area contributed by atoms with Gasteiger partial charge in [0.25, 0.3) is 0 Å². The normalized spacial score (nSPS) is 10.3. The molecule has 0 fully saturated rings. The lowest BCUT2D eigenvalue weighted by atomic mass is 10.1. The first-order valence-corrected chi connectivity index (χ1v) is 9.70. The van der Waals surface area contributed by atoms with Crippen LogP contribution in [0.1, 0.15) is 21.5 Å². The van der Waals surface area contributed by atoms with Gasteiger partial charge in [0.1, 0.15) is 5.02 Å². The van der Waals surface area contributed by atoms with Crippen molar-refractivity contribution < 1.29 is 9.59 Å². The molecule has 3 rings (SSSR count). The molecule has 5 N–H and O–H groups in total. The third-order valence-corrected chi connectivity index (χ3v) is 4.70. The third-order valence-electron chi connectivity index (χ3n) is 4.42. The van der Waals surface area contributed by atoms with Gasteiger partial charge in [0.15, 0.2) is 5.82 Å². The smallest absolute Gasteiger partial charge is 0.248 e. The Morgan fingerprint density at radius 2 is 1.94 bits per heavy atom. The number of hydrogen-bond donors (Lipinski definition) is 4. The lowest BCUT2D eigenvalue weighted by Crippen LogP contribution is -2.20. The summed E-state index contributed by atoms with van der Waals surface area (Å²) in [6, 6.07) is 12.5. The van der Waals surface area contributed by atoms with Crippen molar-refractivity contribution in [1.82, 2.24) is 15.3 Å². The second-order valence-electron chi connectivity index (χ2n) is 6.61. The summed E-state index contributed by atoms with van der Waals surface area (Å²) in [5.74, 6) is -0.128. The first-order chi connectivity index (χ1) is 14.9. The van der Waals surface area contributed by atoms with Gasteiger partial charge >= 0.3 is 0 Å². The van der Waals surface area contributed by atoms with Crippen LogP contribution in [-0.4, -0.2) is 21.8 Å². The predicted molar refractivity (Wildman–Crippen MR) is 122 cm³/mol. The molecule has 9 heteroatoms. The van der Waals surface area contributed by atoms with Crippen LogP contribution in [0.2, 0.25) is 5.02 Å². The van der Waals surface area contributed by atoms with Crippen LogP contribution in [0.3, 0.4) is 0 Å². The quantitative estimate of drug-likeness (QED) is 0.398. The molecule has 0 spiro atoms. The maximum atomic E-state index is 11.5. The molecule has 0 saturated carbocycles. The Morgan fingerprint density at radius 1 is 1.16 bits per heavy atom. The van der Waals surface area contributed by atoms with Gasteiger partial charge < -0.3 is 21.7 Å². The lowest BCUT2D eigenvalue weighted by molar-refractivity contribution is -0.116. The number of aromatic nitrogens is 2. The van der Waals surface area contributed by atoms with Gasteiger partial charge in [0.2, 0.25) is 17.8 Å². The molecule has 0 aliphatic heterocycles. The van der Waals surface area contributed by atoms with E-state index >= 15 is 0 Å². The van der Waals surface area contributed by atoms with E-state index in [0.717, 1.165) is 16.8 Å². The summed E-state index contributed by atoms with van der Waals surface area (Å²) in [4.78, 5) is 31.6. The number of nitrogens with one attached hydrogen (secondary N) is 3. The lowest BCUT2D eigenvalue weighted by Gasteiger charge is -2.14. The highest BCUT2D eigenvalue weighted by Gasteiger charge is 2.11. The fraction of sp³-hybridized carbons (Fsp3) is 0.0909. The zero-order valence-corrected chi connectivity index (χ0v) is 17.5. The van der Waals surface area contributed by atoms with Crippen molar-refractivity contribution >= 4 is 46.6 Å². The van der Waals surface area contributed by atoms with Crippen LogP contribution < -0.4 is 21.7 Å². The molecule has 1 heterocycles. The van der Waals surface area contributed by atoms with Crippen LogP contribution in [0.15, 0.2) is 61.3 Å². The number of benzene rings is 2. The summed E-state index contributed by atoms with van der Waals surface area (Å²) in [6.07, 6.45) is 2.68. The largest absolute Gasteiger partial charge is 0.366 e. The van der Waals surface area contributed by atoms with Gasteiger partial charge in [-0.25, -0.2) is 4.98 Å². The van der Waals surface area contributed by atoms with Gasteiger partial charge in [0.05, 0.1) is 6.20 Å². The highest BCUT2D eigenvalue weighted by atomic mass is 35.5. The number of anilines is 4. The third kappa shape index (κ3) is 5.58. The number of carbonyl (C=O) groups excluding carboxylic acids is 2. The summed E-state index contributed by atoms with van der Waals surface area (Å²) in [5.41, 5.74) is 8.84. The van der Waals surface area contributed by atoms with E-state index in [0.29, 0.717) is 28.6 Å². The molecule has 0 atom stereocenters. The minimum absolute atomic E-state index is 0.269. The van der Waals surface area contributed by atoms with E-state index in [-0.39, 0.29) is 11.9 Å². The zero-order valence-electron chi connectivity index (χ0n) is 16.8. The molecule has 158 valence electrons. The van der Waals surface area contributed by atoms with Gasteiger partial charge in [-0.05, 0) is 42.3 Å². The molecule has 0 bridgehead atoms. The number of aryl methyl sites for hydroxylation is 1. The van der Waals surface area contributed by atoms with Crippen molar-refractivity contribution in [3.8, 4) is 0 Å². The monoisotopic (exact) mass is 436 g/mol. The van der Waals surface area contributed by atoms with Crippen LogP contribution in [-0.2, 0) is 11.3 Å². The standard InChI is InChI=1S/C22H21ClN6O2/c1-3-19(30)25-11-15-6-4-5-7-17(15)27-21-16(23)12-26-22(29-21)28-18-10-14(20(24)31)9-8-13(18)2/h3-10,12H,1,11H2,2H3,(H2,24,31)(H,25,30)(H2,26,27,28,29). The average molecular weight is 437 g/mol. The highest BCUT2D eigenvalue weighted by molar-refractivity contribution is 6.32. The number of amides is 2. The fourth-order valence-corrected chi connectivity index (χ4v) is 2.86. The molecule has 31 heavy (non-hydrogen) atoms. The Kier molecular flexibility index (Phi) is 6.84. The SMILES string of the molecule is C=CC(=O)NCc1ccccc1Nc1nc(Nc2cc(C(N)=O)ccc2C)ncc1Cl. The van der Waals surface area contributed by atoms with E-state index < -0.39 is 5.91 Å². The maximum absolute atomic E-state index is 11.5. The molecule has 1 aromatic heterocycles. The van der Waals surface area contributed by atoms with Crippen LogP contribution in [0.25, 0.3) is 0 Å². The van der Waals surface area contributed by atoms with Gasteiger partial charge in [0, 0.05) is 23.5 Å². The second-order valence-corrected chi connectivity index (χ2v) is 7.02. The minimum atomic E-state index is -0.525. The maximum Gasteiger partial charge on any atom is 0.248 e. The molecule has 3 aromatic rings. The zero-order chi connectivity index (χ0) is 22.4. The molecule has 0 aliphatic rings. The van der Waals surface area contributed by atoms with E-state index in [2.05, 4.69) is 32.5 Å². The molecule has 2 amide bonds. The highest BCUT2D eigenvalue weighted by Crippen LogP contribution is 2.27. The first kappa shape index (κ1) is 21.8. The summed E-state index contributed by atoms with van der Waals surface area (Å²) < 4.78 is 0. The number of nitrogens with zero attached hydrogens (tertiary/aromatic N) is 2. The van der Waals surface area contributed by atoms with Crippen LogP contribution >= 0.6 is 11.6 Å². The van der Waals surface area contributed by atoms with E-state index in [4.69, 9.17) is 17.3 Å². The number of carbonyl (C=O) groups is 2. The second kappa shape index (κ2) is 9.73. The summed E-state index contributed by atoms with van der Waals surface area (Å²) >= 11 is 6.29. The number of rotatable bonds is 8. The Morgan fingerprint density at radius 3 is 2.68 bits per heavy atom. The van der Waals surface area contributed by atoms with Crippen molar-refractivity contribution in [3.05, 3.63) is 83.0 Å². The minimum Gasteiger partial charge on any atom is -0.366 e. The van der Waals surface area contributed by atoms with Crippen molar-refractivity contribution in [1.29, 1.82) is 0 Å². The molecule has 0 unspecified atom stereocenters. The number of halogens is 1. The van der Waals surface area contributed by atoms with E-state index in [9.17, 15) is 9.59 Å². The number of primary amides is 1. The van der Waals surface area contributed by atoms with E-state index in [1.54, 1.807) is 18.2 Å². The number of para-hydroxylation sites is 1. The van der Waals surface area contributed by atoms with Crippen molar-refractivity contribution in [2.24, 2.45) is 5.73 Å². The van der Waals surface area contributed by atoms with Crippen LogP contribution in [0, 0.1) is 6.92 Å². The van der Waals surface area contributed by atoms with Crippen molar-refractivity contribution in [2.75, 3.05) is 10.6 Å².